The van der Waals surface area contributed by atoms with Crippen LogP contribution in [0.1, 0.15) is 0 Å². The molecule has 0 aromatic heterocycles. The number of halogens is 4. The Hall–Kier alpha value is -2.33. The van der Waals surface area contributed by atoms with Gasteiger partial charge in [-0.3, -0.25) is 0 Å². The molecule has 1 aliphatic rings. The van der Waals surface area contributed by atoms with Crippen molar-refractivity contribution in [3.8, 4) is 11.5 Å². The van der Waals surface area contributed by atoms with Crippen molar-refractivity contribution < 1.29 is 26.3 Å². The topological polar surface area (TPSA) is 69.4 Å². The van der Waals surface area contributed by atoms with Crippen LogP contribution in [0.15, 0.2) is 72.5 Å². The van der Waals surface area contributed by atoms with E-state index in [4.69, 9.17) is 22.1 Å². The molecule has 2 aromatic carbocycles. The minimum Gasteiger partial charge on any atom is -0.457 e. The highest BCUT2D eigenvalue weighted by Gasteiger charge is 2.52. The van der Waals surface area contributed by atoms with Crippen molar-refractivity contribution in [1.82, 2.24) is 3.89 Å². The van der Waals surface area contributed by atoms with Crippen LogP contribution in [0, 0.1) is 0 Å². The summed E-state index contributed by atoms with van der Waals surface area (Å²) in [6.07, 6.45) is -0.358. The first-order valence-electron chi connectivity index (χ1n) is 8.85. The van der Waals surface area contributed by atoms with Crippen molar-refractivity contribution in [3.05, 3.63) is 77.5 Å². The van der Waals surface area contributed by atoms with Crippen LogP contribution in [0.25, 0.3) is 0 Å². The van der Waals surface area contributed by atoms with E-state index < -0.39 is 25.8 Å². The summed E-state index contributed by atoms with van der Waals surface area (Å²) in [7, 11) is -4.74. The first-order valence-corrected chi connectivity index (χ1v) is 10.8. The molecule has 0 bridgehead atoms. The summed E-state index contributed by atoms with van der Waals surface area (Å²) in [5.74, 6) is -1.07. The van der Waals surface area contributed by atoms with Gasteiger partial charge in [-0.1, -0.05) is 17.7 Å². The summed E-state index contributed by atoms with van der Waals surface area (Å²) in [6.45, 7) is -0.413. The Morgan fingerprint density at radius 1 is 1.03 bits per heavy atom. The van der Waals surface area contributed by atoms with Crippen molar-refractivity contribution in [2.75, 3.05) is 18.8 Å². The lowest BCUT2D eigenvalue weighted by atomic mass is 10.2. The molecule has 0 fully saturated rings. The van der Waals surface area contributed by atoms with Crippen LogP contribution in [0.2, 0.25) is 5.02 Å². The fourth-order valence-electron chi connectivity index (χ4n) is 3.28. The Morgan fingerprint density at radius 2 is 1.60 bits per heavy atom. The Balaban J connectivity index is 2.01. The van der Waals surface area contributed by atoms with E-state index in [2.05, 4.69) is 0 Å². The van der Waals surface area contributed by atoms with Gasteiger partial charge in [0.1, 0.15) is 23.7 Å². The molecule has 1 aliphatic heterocycles. The number of benzene rings is 2. The monoisotopic (exact) mass is 459 g/mol. The first-order chi connectivity index (χ1) is 14.1. The zero-order valence-corrected chi connectivity index (χ0v) is 17.2. The number of ether oxygens (including phenoxy) is 1. The zero-order valence-electron chi connectivity index (χ0n) is 15.6. The maximum Gasteiger partial charge on any atom is 0.408 e. The van der Waals surface area contributed by atoms with Gasteiger partial charge in [-0.25, -0.2) is 0 Å². The summed E-state index contributed by atoms with van der Waals surface area (Å²) in [4.78, 5) is 0. The summed E-state index contributed by atoms with van der Waals surface area (Å²) in [6, 6.07) is 12.5. The predicted molar refractivity (Wildman–Crippen MR) is 111 cm³/mol. The number of nitrogens with zero attached hydrogens (tertiary/aromatic N) is 1. The molecule has 0 saturated carbocycles. The normalized spacial score (nSPS) is 19.4. The molecule has 2 N–H and O–H groups in total. The molecule has 0 amide bonds. The summed E-state index contributed by atoms with van der Waals surface area (Å²) in [5, 5.41) is 0.540. The number of rotatable bonds is 6. The molecule has 1 unspecified atom stereocenters. The van der Waals surface area contributed by atoms with Gasteiger partial charge in [0.25, 0.3) is 0 Å². The quantitative estimate of drug-likeness (QED) is 0.633. The molecular formula is C20H19ClF3N2O3S+. The first kappa shape index (κ1) is 22.4. The Kier molecular flexibility index (Phi) is 6.28. The van der Waals surface area contributed by atoms with Crippen LogP contribution < -0.4 is 14.4 Å². The summed E-state index contributed by atoms with van der Waals surface area (Å²) in [5.41, 5.74) is 6.01. The van der Waals surface area contributed by atoms with Crippen molar-refractivity contribution in [1.29, 1.82) is 0 Å². The van der Waals surface area contributed by atoms with Crippen LogP contribution in [0.3, 0.4) is 0 Å². The standard InChI is InChI=1S/C20H19ClF3N2O3S/c21-15-4-8-18(9-5-15)29-19-10-6-16(7-11-19)26(12-2-1-3-17(26)13-25)30(27,28)14-20(22,23)24/h1-11H,12-14,25H2/q+1. The molecule has 1 heterocycles. The number of sulfonamides is 1. The molecule has 0 radical (unpaired) electrons. The van der Waals surface area contributed by atoms with Gasteiger partial charge in [-0.2, -0.15) is 25.5 Å². The number of nitrogens with two attached hydrogens (primary N) is 1. The largest absolute Gasteiger partial charge is 0.457 e. The van der Waals surface area contributed by atoms with E-state index in [0.29, 0.717) is 16.5 Å². The lowest BCUT2D eigenvalue weighted by Gasteiger charge is -2.38. The number of hydrogen-bond donors (Lipinski definition) is 1. The Morgan fingerprint density at radius 3 is 2.13 bits per heavy atom. The minimum absolute atomic E-state index is 0.142. The van der Waals surface area contributed by atoms with Gasteiger partial charge < -0.3 is 10.5 Å². The smallest absolute Gasteiger partial charge is 0.408 e. The molecule has 3 rings (SSSR count). The minimum atomic E-state index is -4.89. The van der Waals surface area contributed by atoms with E-state index in [0.717, 1.165) is 0 Å². The molecular weight excluding hydrogens is 441 g/mol. The zero-order chi connectivity index (χ0) is 22.0. The average molecular weight is 460 g/mol. The lowest BCUT2D eigenvalue weighted by molar-refractivity contribution is -0.106. The highest BCUT2D eigenvalue weighted by Crippen LogP contribution is 2.38. The van der Waals surface area contributed by atoms with Gasteiger partial charge in [0.2, 0.25) is 0 Å². The van der Waals surface area contributed by atoms with E-state index in [9.17, 15) is 21.6 Å². The second-order valence-corrected chi connectivity index (χ2v) is 9.12. The van der Waals surface area contributed by atoms with E-state index >= 15 is 0 Å². The van der Waals surface area contributed by atoms with E-state index in [1.807, 2.05) is 0 Å². The number of allylic oxidation sites excluding steroid dienone is 2. The Labute approximate surface area is 177 Å². The summed E-state index contributed by atoms with van der Waals surface area (Å²) < 4.78 is 69.8. The molecule has 30 heavy (non-hydrogen) atoms. The van der Waals surface area contributed by atoms with Gasteiger partial charge >= 0.3 is 16.2 Å². The number of hydrogen-bond acceptors (Lipinski definition) is 4. The lowest BCUT2D eigenvalue weighted by Crippen LogP contribution is -2.58. The second-order valence-electron chi connectivity index (χ2n) is 6.60. The molecule has 5 nitrogen and oxygen atoms in total. The molecule has 1 atom stereocenters. The third-order valence-electron chi connectivity index (χ3n) is 4.58. The van der Waals surface area contributed by atoms with Crippen LogP contribution in [0.4, 0.5) is 18.9 Å². The Bertz CT molecular complexity index is 1070. The maximum absolute atomic E-state index is 13.1. The number of alkyl halides is 3. The van der Waals surface area contributed by atoms with Crippen molar-refractivity contribution >= 4 is 27.3 Å². The van der Waals surface area contributed by atoms with E-state index in [1.165, 1.54) is 36.4 Å². The van der Waals surface area contributed by atoms with Crippen molar-refractivity contribution in [2.45, 2.75) is 6.18 Å². The fourth-order valence-corrected chi connectivity index (χ4v) is 5.29. The SMILES string of the molecule is NCC1=CC=CC[N+]1(c1ccc(Oc2ccc(Cl)cc2)cc1)S(=O)(=O)CC(F)(F)F. The predicted octanol–water partition coefficient (Wildman–Crippen LogP) is 4.74. The maximum atomic E-state index is 13.1. The van der Waals surface area contributed by atoms with Gasteiger partial charge in [0.05, 0.1) is 6.54 Å². The third kappa shape index (κ3) is 4.54. The van der Waals surface area contributed by atoms with Gasteiger partial charge in [-0.15, -0.1) is 0 Å². The van der Waals surface area contributed by atoms with Crippen LogP contribution in [-0.2, 0) is 10.0 Å². The molecule has 0 aliphatic carbocycles. The fraction of sp³-hybridized carbons (Fsp3) is 0.200. The van der Waals surface area contributed by atoms with Crippen LogP contribution >= 0.6 is 11.6 Å². The van der Waals surface area contributed by atoms with E-state index in [1.54, 1.807) is 30.3 Å². The summed E-state index contributed by atoms with van der Waals surface area (Å²) >= 11 is 5.84. The highest BCUT2D eigenvalue weighted by atomic mass is 35.5. The van der Waals surface area contributed by atoms with Gasteiger partial charge in [0.15, 0.2) is 11.4 Å². The molecule has 160 valence electrons. The molecule has 0 spiro atoms. The van der Waals surface area contributed by atoms with Gasteiger partial charge in [0, 0.05) is 17.2 Å². The third-order valence-corrected chi connectivity index (χ3v) is 7.07. The van der Waals surface area contributed by atoms with Crippen LogP contribution in [-0.4, -0.2) is 33.4 Å². The number of quaternary nitrogens is 1. The average Bonchev–Trinajstić information content (AvgIpc) is 2.68. The van der Waals surface area contributed by atoms with Crippen molar-refractivity contribution in [2.24, 2.45) is 5.73 Å². The van der Waals surface area contributed by atoms with Crippen LogP contribution in [0.5, 0.6) is 11.5 Å². The molecule has 0 saturated heterocycles. The second kappa shape index (κ2) is 8.43. The molecule has 10 heteroatoms. The van der Waals surface area contributed by atoms with E-state index in [-0.39, 0.29) is 24.5 Å². The van der Waals surface area contributed by atoms with Crippen molar-refractivity contribution in [3.63, 3.8) is 0 Å². The molecule has 2 aromatic rings. The van der Waals surface area contributed by atoms with Gasteiger partial charge in [-0.05, 0) is 48.6 Å². The highest BCUT2D eigenvalue weighted by molar-refractivity contribution is 7.91.